The van der Waals surface area contributed by atoms with Gasteiger partial charge in [0.25, 0.3) is 5.91 Å². The molecule has 168 valence electrons. The number of likely N-dealkylation sites (tertiary alicyclic amines) is 1. The average Bonchev–Trinajstić information content (AvgIpc) is 3.36. The minimum atomic E-state index is -0.788. The Morgan fingerprint density at radius 3 is 2.34 bits per heavy atom. The van der Waals surface area contributed by atoms with Crippen LogP contribution in [0.5, 0.6) is 0 Å². The third-order valence-corrected chi connectivity index (χ3v) is 6.09. The highest BCUT2D eigenvalue weighted by Crippen LogP contribution is 2.37. The molecule has 2 aliphatic rings. The van der Waals surface area contributed by atoms with E-state index < -0.39 is 25.0 Å². The van der Waals surface area contributed by atoms with Crippen LogP contribution in [0.2, 0.25) is 5.02 Å². The summed E-state index contributed by atoms with van der Waals surface area (Å²) in [5, 5.41) is 3.23. The zero-order valence-electron chi connectivity index (χ0n) is 17.3. The van der Waals surface area contributed by atoms with Crippen LogP contribution in [0, 0.1) is 11.8 Å². The minimum Gasteiger partial charge on any atom is -0.459 e. The van der Waals surface area contributed by atoms with E-state index in [0.717, 1.165) is 23.3 Å². The Bertz CT molecular complexity index is 1010. The maximum Gasteiger partial charge on any atom is 0.326 e. The van der Waals surface area contributed by atoms with Gasteiger partial charge in [0.2, 0.25) is 11.8 Å². The van der Waals surface area contributed by atoms with Gasteiger partial charge in [-0.25, -0.2) is 0 Å². The van der Waals surface area contributed by atoms with E-state index in [0.29, 0.717) is 29.4 Å². The Balaban J connectivity index is 1.21. The fourth-order valence-corrected chi connectivity index (χ4v) is 4.31. The summed E-state index contributed by atoms with van der Waals surface area (Å²) in [6, 6.07) is 10.7. The summed E-state index contributed by atoms with van der Waals surface area (Å²) < 4.78 is 10.6. The number of halogens is 1. The molecule has 2 aromatic rings. The highest BCUT2D eigenvalue weighted by Gasteiger charge is 2.48. The number of nitrogens with zero attached hydrogens (tertiary/aromatic N) is 1. The lowest BCUT2D eigenvalue weighted by molar-refractivity contribution is -0.155. The fourth-order valence-electron chi connectivity index (χ4n) is 4.19. The number of nitrogens with one attached hydrogen (secondary N) is 1. The molecule has 2 fully saturated rings. The number of hydrogen-bond acceptors (Lipinski definition) is 6. The molecule has 1 saturated heterocycles. The second-order valence-corrected chi connectivity index (χ2v) is 8.41. The van der Waals surface area contributed by atoms with Crippen molar-refractivity contribution in [2.75, 3.05) is 13.2 Å². The van der Waals surface area contributed by atoms with Crippen LogP contribution in [-0.4, -0.2) is 41.7 Å². The van der Waals surface area contributed by atoms with E-state index in [1.165, 1.54) is 0 Å². The highest BCUT2D eigenvalue weighted by molar-refractivity contribution is 6.30. The van der Waals surface area contributed by atoms with Gasteiger partial charge in [0.1, 0.15) is 18.1 Å². The number of fused-ring (bicyclic) bond motifs is 1. The maximum atomic E-state index is 12.4. The minimum absolute atomic E-state index is 0.121. The molecule has 4 rings (SSSR count). The molecular formula is C23H23ClN2O6. The number of hydrogen-bond donors (Lipinski definition) is 1. The summed E-state index contributed by atoms with van der Waals surface area (Å²) >= 11 is 5.88. The molecule has 3 amide bonds. The van der Waals surface area contributed by atoms with E-state index in [9.17, 15) is 19.2 Å². The fraction of sp³-hybridized carbons (Fsp3) is 0.391. The molecule has 1 saturated carbocycles. The van der Waals surface area contributed by atoms with Crippen LogP contribution in [0.25, 0.3) is 11.3 Å². The van der Waals surface area contributed by atoms with E-state index in [1.807, 2.05) is 12.1 Å². The summed E-state index contributed by atoms with van der Waals surface area (Å²) in [7, 11) is 0. The Morgan fingerprint density at radius 2 is 1.69 bits per heavy atom. The Hall–Kier alpha value is -3.13. The third-order valence-electron chi connectivity index (χ3n) is 5.83. The molecular weight excluding hydrogens is 436 g/mol. The van der Waals surface area contributed by atoms with Crippen LogP contribution in [0.4, 0.5) is 0 Å². The first kappa shape index (κ1) is 22.1. The number of carbonyl (C=O) groups excluding carboxylic acids is 4. The van der Waals surface area contributed by atoms with Crippen molar-refractivity contribution in [3.63, 3.8) is 0 Å². The predicted octanol–water partition coefficient (Wildman–Crippen LogP) is 2.93. The predicted molar refractivity (Wildman–Crippen MR) is 114 cm³/mol. The van der Waals surface area contributed by atoms with Crippen LogP contribution in [-0.2, 0) is 30.5 Å². The molecule has 0 spiro atoms. The monoisotopic (exact) mass is 458 g/mol. The van der Waals surface area contributed by atoms with Crippen molar-refractivity contribution < 1.29 is 28.3 Å². The number of furan rings is 1. The van der Waals surface area contributed by atoms with Crippen LogP contribution in [0.15, 0.2) is 40.8 Å². The smallest absolute Gasteiger partial charge is 0.326 e. The Kier molecular flexibility index (Phi) is 6.60. The maximum absolute atomic E-state index is 12.4. The number of ether oxygens (including phenoxy) is 1. The summed E-state index contributed by atoms with van der Waals surface area (Å²) in [6.07, 6.45) is 3.18. The summed E-state index contributed by atoms with van der Waals surface area (Å²) in [6.45, 7) is -0.844. The Labute approximate surface area is 189 Å². The summed E-state index contributed by atoms with van der Waals surface area (Å²) in [5.74, 6) is -1.40. The van der Waals surface area contributed by atoms with Gasteiger partial charge in [0.05, 0.1) is 18.4 Å². The number of rotatable bonds is 7. The van der Waals surface area contributed by atoms with Crippen LogP contribution < -0.4 is 5.32 Å². The van der Waals surface area contributed by atoms with Gasteiger partial charge in [-0.15, -0.1) is 0 Å². The zero-order valence-corrected chi connectivity index (χ0v) is 18.1. The molecule has 8 nitrogen and oxygen atoms in total. The molecule has 9 heteroatoms. The van der Waals surface area contributed by atoms with Crippen LogP contribution >= 0.6 is 11.6 Å². The van der Waals surface area contributed by atoms with Gasteiger partial charge >= 0.3 is 5.97 Å². The first-order valence-electron chi connectivity index (χ1n) is 10.5. The molecule has 32 heavy (non-hydrogen) atoms. The second kappa shape index (κ2) is 9.56. The average molecular weight is 459 g/mol. The summed E-state index contributed by atoms with van der Waals surface area (Å²) in [5.41, 5.74) is 0.853. The number of esters is 1. The molecule has 2 atom stereocenters. The zero-order chi connectivity index (χ0) is 22.7. The van der Waals surface area contributed by atoms with Crippen LogP contribution in [0.3, 0.4) is 0 Å². The molecule has 0 radical (unpaired) electrons. The number of amides is 3. The van der Waals surface area contributed by atoms with Crippen molar-refractivity contribution >= 4 is 35.3 Å². The number of benzene rings is 1. The molecule has 2 unspecified atom stereocenters. The van der Waals surface area contributed by atoms with E-state index in [1.54, 1.807) is 24.3 Å². The van der Waals surface area contributed by atoms with Gasteiger partial charge in [-0.05, 0) is 49.2 Å². The standard InChI is InChI=1S/C23H23ClN2O6/c24-15-7-5-14(6-8-15)19-10-9-16(32-19)11-25-20(27)13-31-21(28)12-26-22(29)17-3-1-2-4-18(17)23(26)30/h5-10,17-18H,1-4,11-13H2,(H,25,27). The Morgan fingerprint density at radius 1 is 1.03 bits per heavy atom. The van der Waals surface area contributed by atoms with Crippen molar-refractivity contribution in [2.45, 2.75) is 32.2 Å². The molecule has 1 aromatic carbocycles. The summed E-state index contributed by atoms with van der Waals surface area (Å²) in [4.78, 5) is 49.9. The first-order valence-corrected chi connectivity index (χ1v) is 10.9. The number of imide groups is 1. The lowest BCUT2D eigenvalue weighted by atomic mass is 9.81. The quantitative estimate of drug-likeness (QED) is 0.505. The van der Waals surface area contributed by atoms with Crippen molar-refractivity contribution in [1.29, 1.82) is 0 Å². The third kappa shape index (κ3) is 4.85. The van der Waals surface area contributed by atoms with E-state index in [4.69, 9.17) is 20.8 Å². The van der Waals surface area contributed by atoms with E-state index >= 15 is 0 Å². The molecule has 1 aromatic heterocycles. The molecule has 1 aliphatic heterocycles. The highest BCUT2D eigenvalue weighted by atomic mass is 35.5. The van der Waals surface area contributed by atoms with Gasteiger partial charge < -0.3 is 14.5 Å². The van der Waals surface area contributed by atoms with Gasteiger partial charge in [0, 0.05) is 10.6 Å². The van der Waals surface area contributed by atoms with Crippen molar-refractivity contribution in [3.8, 4) is 11.3 Å². The largest absolute Gasteiger partial charge is 0.459 e. The molecule has 1 aliphatic carbocycles. The first-order chi connectivity index (χ1) is 15.4. The lowest BCUT2D eigenvalue weighted by Gasteiger charge is -2.19. The molecule has 0 bridgehead atoms. The lowest BCUT2D eigenvalue weighted by Crippen LogP contribution is -2.38. The van der Waals surface area contributed by atoms with Crippen molar-refractivity contribution in [1.82, 2.24) is 10.2 Å². The molecule has 2 heterocycles. The van der Waals surface area contributed by atoms with Gasteiger partial charge in [-0.3, -0.25) is 24.1 Å². The van der Waals surface area contributed by atoms with Gasteiger partial charge in [-0.2, -0.15) is 0 Å². The van der Waals surface area contributed by atoms with Gasteiger partial charge in [0.15, 0.2) is 6.61 Å². The second-order valence-electron chi connectivity index (χ2n) is 7.97. The molecule has 1 N–H and O–H groups in total. The van der Waals surface area contributed by atoms with Crippen molar-refractivity contribution in [3.05, 3.63) is 47.2 Å². The SMILES string of the molecule is O=C(COC(=O)CN1C(=O)C2CCCCC2C1=O)NCc1ccc(-c2ccc(Cl)cc2)o1. The van der Waals surface area contributed by atoms with E-state index in [2.05, 4.69) is 5.32 Å². The van der Waals surface area contributed by atoms with Crippen LogP contribution in [0.1, 0.15) is 31.4 Å². The normalized spacial score (nSPS) is 20.2. The topological polar surface area (TPSA) is 106 Å². The van der Waals surface area contributed by atoms with Crippen molar-refractivity contribution in [2.24, 2.45) is 11.8 Å². The van der Waals surface area contributed by atoms with E-state index in [-0.39, 0.29) is 30.2 Å². The number of carbonyl (C=O) groups is 4. The van der Waals surface area contributed by atoms with Gasteiger partial charge in [-0.1, -0.05) is 24.4 Å².